The summed E-state index contributed by atoms with van der Waals surface area (Å²) in [5.74, 6) is -0.852. The molecule has 0 atom stereocenters. The number of carbonyl (C=O) groups excluding carboxylic acids is 2. The maximum absolute atomic E-state index is 12.2. The molecule has 7 nitrogen and oxygen atoms in total. The Kier molecular flexibility index (Phi) is 3.67. The van der Waals surface area contributed by atoms with Gasteiger partial charge in [0, 0.05) is 18.6 Å². The molecule has 0 fully saturated rings. The Balaban J connectivity index is 2.52. The summed E-state index contributed by atoms with van der Waals surface area (Å²) in [7, 11) is 0. The number of Topliss-reactive ketones (excluding diaryl/α,β-unsaturated/α-hetero) is 1. The van der Waals surface area contributed by atoms with Crippen molar-refractivity contribution in [2.75, 3.05) is 11.4 Å². The smallest absolute Gasteiger partial charge is 0.294 e. The monoisotopic (exact) mass is 292 g/mol. The number of anilines is 1. The van der Waals surface area contributed by atoms with Gasteiger partial charge < -0.3 is 4.74 Å². The first kappa shape index (κ1) is 15.0. The van der Waals surface area contributed by atoms with Crippen molar-refractivity contribution < 1.29 is 19.2 Å². The number of rotatable bonds is 3. The molecule has 0 saturated heterocycles. The Hall–Kier alpha value is -2.44. The third-order valence-electron chi connectivity index (χ3n) is 3.17. The predicted octanol–water partition coefficient (Wildman–Crippen LogP) is 2.08. The molecule has 0 spiro atoms. The maximum atomic E-state index is 12.2. The highest BCUT2D eigenvalue weighted by Gasteiger charge is 2.37. The number of carbonyl (C=O) groups is 2. The second-order valence-corrected chi connectivity index (χ2v) is 5.44. The van der Waals surface area contributed by atoms with Gasteiger partial charge in [0.25, 0.3) is 11.6 Å². The van der Waals surface area contributed by atoms with Crippen LogP contribution in [-0.4, -0.2) is 28.8 Å². The van der Waals surface area contributed by atoms with Crippen LogP contribution >= 0.6 is 0 Å². The number of benzene rings is 1. The van der Waals surface area contributed by atoms with Crippen LogP contribution in [0.15, 0.2) is 18.2 Å². The maximum Gasteiger partial charge on any atom is 0.294 e. The van der Waals surface area contributed by atoms with Crippen LogP contribution in [0.2, 0.25) is 0 Å². The van der Waals surface area contributed by atoms with Crippen LogP contribution < -0.4 is 9.64 Å². The van der Waals surface area contributed by atoms with Crippen molar-refractivity contribution in [3.8, 4) is 5.75 Å². The number of ketones is 1. The number of nitrogens with zero attached hydrogens (tertiary/aromatic N) is 2. The summed E-state index contributed by atoms with van der Waals surface area (Å²) in [6.07, 6.45) is 0.0842. The Bertz CT molecular complexity index is 624. The first-order valence-corrected chi connectivity index (χ1v) is 6.57. The van der Waals surface area contributed by atoms with E-state index in [4.69, 9.17) is 4.74 Å². The van der Waals surface area contributed by atoms with Crippen LogP contribution in [0, 0.1) is 10.1 Å². The van der Waals surface area contributed by atoms with Gasteiger partial charge in [0.1, 0.15) is 11.4 Å². The Morgan fingerprint density at radius 3 is 2.67 bits per heavy atom. The van der Waals surface area contributed by atoms with E-state index in [1.54, 1.807) is 20.8 Å². The fourth-order valence-corrected chi connectivity index (χ4v) is 2.20. The predicted molar refractivity (Wildman–Crippen MR) is 75.5 cm³/mol. The number of amides is 1. The molecule has 1 aromatic carbocycles. The van der Waals surface area contributed by atoms with Gasteiger partial charge in [0.2, 0.25) is 5.78 Å². The number of non-ortho nitro benzene ring substituents is 1. The quantitative estimate of drug-likeness (QED) is 0.483. The molecule has 0 saturated carbocycles. The van der Waals surface area contributed by atoms with E-state index >= 15 is 0 Å². The lowest BCUT2D eigenvalue weighted by Gasteiger charge is -2.39. The summed E-state index contributed by atoms with van der Waals surface area (Å²) in [5, 5.41) is 10.9. The average molecular weight is 292 g/mol. The third kappa shape index (κ3) is 2.86. The van der Waals surface area contributed by atoms with Crippen molar-refractivity contribution in [2.45, 2.75) is 32.8 Å². The van der Waals surface area contributed by atoms with Crippen LogP contribution in [0.3, 0.4) is 0 Å². The van der Waals surface area contributed by atoms with Gasteiger partial charge in [-0.2, -0.15) is 0 Å². The number of nitro benzene ring substituents is 1. The highest BCUT2D eigenvalue weighted by Crippen LogP contribution is 2.39. The van der Waals surface area contributed by atoms with Gasteiger partial charge in [-0.25, -0.2) is 0 Å². The topological polar surface area (TPSA) is 89.8 Å². The van der Waals surface area contributed by atoms with Gasteiger partial charge in [-0.15, -0.1) is 0 Å². The highest BCUT2D eigenvalue weighted by molar-refractivity contribution is 6.41. The van der Waals surface area contributed by atoms with E-state index in [2.05, 4.69) is 0 Å². The molecule has 1 aliphatic rings. The van der Waals surface area contributed by atoms with Crippen LogP contribution in [0.1, 0.15) is 27.2 Å². The lowest BCUT2D eigenvalue weighted by Crippen LogP contribution is -2.51. The zero-order chi connectivity index (χ0) is 15.8. The lowest BCUT2D eigenvalue weighted by atomic mass is 10.0. The van der Waals surface area contributed by atoms with Crippen molar-refractivity contribution in [2.24, 2.45) is 0 Å². The molecule has 0 aromatic heterocycles. The van der Waals surface area contributed by atoms with E-state index < -0.39 is 22.2 Å². The van der Waals surface area contributed by atoms with Gasteiger partial charge in [-0.05, 0) is 19.9 Å². The zero-order valence-electron chi connectivity index (χ0n) is 12.1. The Morgan fingerprint density at radius 2 is 2.10 bits per heavy atom. The standard InChI is InChI=1S/C14H16N2O5/c1-4-11(17)13(18)15-8-14(2,3)21-12-6-5-9(16(19)20)7-10(12)15/h5-7H,4,8H2,1-3H3. The zero-order valence-corrected chi connectivity index (χ0v) is 12.1. The fraction of sp³-hybridized carbons (Fsp3) is 0.429. The molecule has 0 radical (unpaired) electrons. The summed E-state index contributed by atoms with van der Waals surface area (Å²) in [6.45, 7) is 5.33. The van der Waals surface area contributed by atoms with Crippen LogP contribution in [0.4, 0.5) is 11.4 Å². The summed E-state index contributed by atoms with van der Waals surface area (Å²) in [4.78, 5) is 35.5. The molecule has 1 heterocycles. The van der Waals surface area contributed by atoms with Crippen molar-refractivity contribution in [1.29, 1.82) is 0 Å². The van der Waals surface area contributed by atoms with Crippen molar-refractivity contribution in [3.05, 3.63) is 28.3 Å². The van der Waals surface area contributed by atoms with E-state index in [-0.39, 0.29) is 24.3 Å². The molecule has 0 bridgehead atoms. The molecule has 7 heteroatoms. The minimum atomic E-state index is -0.674. The number of hydrogen-bond donors (Lipinski definition) is 0. The third-order valence-corrected chi connectivity index (χ3v) is 3.17. The van der Waals surface area contributed by atoms with E-state index in [1.165, 1.54) is 23.1 Å². The SMILES string of the molecule is CCC(=O)C(=O)N1CC(C)(C)Oc2ccc([N+](=O)[O-])cc21. The number of fused-ring (bicyclic) bond motifs is 1. The first-order chi connectivity index (χ1) is 9.75. The summed E-state index contributed by atoms with van der Waals surface area (Å²) >= 11 is 0. The molecular weight excluding hydrogens is 276 g/mol. The van der Waals surface area contributed by atoms with Crippen LogP contribution in [-0.2, 0) is 9.59 Å². The van der Waals surface area contributed by atoms with Gasteiger partial charge in [0.05, 0.1) is 17.2 Å². The number of ether oxygens (including phenoxy) is 1. The lowest BCUT2D eigenvalue weighted by molar-refractivity contribution is -0.384. The molecule has 21 heavy (non-hydrogen) atoms. The molecule has 0 aliphatic carbocycles. The molecule has 2 rings (SSSR count). The minimum absolute atomic E-state index is 0.0842. The molecule has 0 unspecified atom stereocenters. The van der Waals surface area contributed by atoms with E-state index in [1.807, 2.05) is 0 Å². The summed E-state index contributed by atoms with van der Waals surface area (Å²) in [5.41, 5.74) is -0.568. The molecule has 1 aromatic rings. The van der Waals surface area contributed by atoms with Gasteiger partial charge >= 0.3 is 0 Å². The molecule has 1 aliphatic heterocycles. The Morgan fingerprint density at radius 1 is 1.43 bits per heavy atom. The largest absolute Gasteiger partial charge is 0.484 e. The summed E-state index contributed by atoms with van der Waals surface area (Å²) < 4.78 is 5.72. The molecule has 0 N–H and O–H groups in total. The minimum Gasteiger partial charge on any atom is -0.484 e. The fourth-order valence-electron chi connectivity index (χ4n) is 2.20. The second kappa shape index (κ2) is 5.16. The van der Waals surface area contributed by atoms with Gasteiger partial charge in [-0.3, -0.25) is 24.6 Å². The first-order valence-electron chi connectivity index (χ1n) is 6.57. The van der Waals surface area contributed by atoms with E-state index in [0.717, 1.165) is 0 Å². The number of hydrogen-bond acceptors (Lipinski definition) is 5. The molecule has 1 amide bonds. The highest BCUT2D eigenvalue weighted by atomic mass is 16.6. The van der Waals surface area contributed by atoms with Crippen molar-refractivity contribution >= 4 is 23.1 Å². The van der Waals surface area contributed by atoms with E-state index in [9.17, 15) is 19.7 Å². The Labute approximate surface area is 121 Å². The average Bonchev–Trinajstić information content (AvgIpc) is 2.43. The molecular formula is C14H16N2O5. The normalized spacial score (nSPS) is 15.9. The second-order valence-electron chi connectivity index (χ2n) is 5.44. The van der Waals surface area contributed by atoms with Crippen LogP contribution in [0.25, 0.3) is 0 Å². The number of nitro groups is 1. The van der Waals surface area contributed by atoms with Crippen LogP contribution in [0.5, 0.6) is 5.75 Å². The van der Waals surface area contributed by atoms with Gasteiger partial charge in [0.15, 0.2) is 0 Å². The summed E-state index contributed by atoms with van der Waals surface area (Å²) in [6, 6.07) is 4.01. The van der Waals surface area contributed by atoms with Crippen molar-refractivity contribution in [3.63, 3.8) is 0 Å². The van der Waals surface area contributed by atoms with E-state index in [0.29, 0.717) is 5.75 Å². The molecule has 112 valence electrons. The van der Waals surface area contributed by atoms with Crippen molar-refractivity contribution in [1.82, 2.24) is 0 Å². The van der Waals surface area contributed by atoms with Gasteiger partial charge in [-0.1, -0.05) is 6.92 Å².